The van der Waals surface area contributed by atoms with Gasteiger partial charge in [0.05, 0.1) is 23.5 Å². The summed E-state index contributed by atoms with van der Waals surface area (Å²) in [5.41, 5.74) is 4.19. The summed E-state index contributed by atoms with van der Waals surface area (Å²) in [6, 6.07) is 13.7. The van der Waals surface area contributed by atoms with E-state index in [1.165, 1.54) is 0 Å². The molecule has 0 fully saturated rings. The van der Waals surface area contributed by atoms with Gasteiger partial charge in [0.25, 0.3) is 5.91 Å². The van der Waals surface area contributed by atoms with Crippen molar-refractivity contribution in [3.05, 3.63) is 72.2 Å². The standard InChI is InChI=1S/C20H19N5O/c1-13(14-6-4-3-5-7-14)23-20(26)17-12-25(2)19-16(17)8-9-18(24-19)15-10-21-22-11-15/h3-13H,1-2H3,(H,21,22)(H,23,26)/t13-/m1/s1. The van der Waals surface area contributed by atoms with Gasteiger partial charge in [-0.05, 0) is 24.6 Å². The van der Waals surface area contributed by atoms with E-state index >= 15 is 0 Å². The van der Waals surface area contributed by atoms with Crippen LogP contribution < -0.4 is 5.32 Å². The van der Waals surface area contributed by atoms with Gasteiger partial charge < -0.3 is 9.88 Å². The van der Waals surface area contributed by atoms with Gasteiger partial charge >= 0.3 is 0 Å². The number of nitrogens with zero attached hydrogens (tertiary/aromatic N) is 3. The Kier molecular flexibility index (Phi) is 4.01. The minimum absolute atomic E-state index is 0.0721. The topological polar surface area (TPSA) is 75.6 Å². The van der Waals surface area contributed by atoms with Crippen LogP contribution in [0.1, 0.15) is 28.9 Å². The molecule has 1 aromatic carbocycles. The van der Waals surface area contributed by atoms with Crippen LogP contribution in [0.3, 0.4) is 0 Å². The fourth-order valence-electron chi connectivity index (χ4n) is 3.08. The molecule has 3 aromatic heterocycles. The summed E-state index contributed by atoms with van der Waals surface area (Å²) in [4.78, 5) is 17.5. The van der Waals surface area contributed by atoms with Crippen LogP contribution in [0.4, 0.5) is 0 Å². The van der Waals surface area contributed by atoms with Crippen LogP contribution in [-0.4, -0.2) is 25.7 Å². The summed E-state index contributed by atoms with van der Waals surface area (Å²) in [7, 11) is 1.89. The maximum Gasteiger partial charge on any atom is 0.253 e. The highest BCUT2D eigenvalue weighted by Crippen LogP contribution is 2.24. The highest BCUT2D eigenvalue weighted by Gasteiger charge is 2.18. The molecule has 3 heterocycles. The molecule has 0 aliphatic heterocycles. The molecule has 0 saturated carbocycles. The quantitative estimate of drug-likeness (QED) is 0.595. The molecule has 6 nitrogen and oxygen atoms in total. The van der Waals surface area contributed by atoms with Crippen molar-refractivity contribution in [1.29, 1.82) is 0 Å². The zero-order chi connectivity index (χ0) is 18.1. The fraction of sp³-hybridized carbons (Fsp3) is 0.150. The Labute approximate surface area is 150 Å². The van der Waals surface area contributed by atoms with E-state index in [4.69, 9.17) is 0 Å². The summed E-state index contributed by atoms with van der Waals surface area (Å²) < 4.78 is 1.88. The van der Waals surface area contributed by atoms with Gasteiger partial charge in [-0.25, -0.2) is 4.98 Å². The van der Waals surface area contributed by atoms with Crippen molar-refractivity contribution in [3.63, 3.8) is 0 Å². The molecule has 26 heavy (non-hydrogen) atoms. The molecule has 6 heteroatoms. The second kappa shape index (κ2) is 6.48. The molecule has 0 aliphatic rings. The third kappa shape index (κ3) is 2.86. The molecule has 0 spiro atoms. The number of pyridine rings is 1. The summed E-state index contributed by atoms with van der Waals surface area (Å²) in [6.45, 7) is 1.98. The fourth-order valence-corrected chi connectivity index (χ4v) is 3.08. The highest BCUT2D eigenvalue weighted by molar-refractivity contribution is 6.06. The van der Waals surface area contributed by atoms with E-state index < -0.39 is 0 Å². The number of hydrogen-bond acceptors (Lipinski definition) is 3. The lowest BCUT2D eigenvalue weighted by atomic mass is 10.1. The van der Waals surface area contributed by atoms with Crippen LogP contribution in [0.25, 0.3) is 22.3 Å². The zero-order valence-electron chi connectivity index (χ0n) is 14.6. The van der Waals surface area contributed by atoms with E-state index in [1.54, 1.807) is 12.4 Å². The van der Waals surface area contributed by atoms with Gasteiger partial charge in [-0.15, -0.1) is 0 Å². The average Bonchev–Trinajstić information content (AvgIpc) is 3.31. The molecule has 0 radical (unpaired) electrons. The number of amides is 1. The van der Waals surface area contributed by atoms with E-state index in [0.717, 1.165) is 27.9 Å². The number of carbonyl (C=O) groups excluding carboxylic acids is 1. The smallest absolute Gasteiger partial charge is 0.253 e. The normalized spacial score (nSPS) is 12.2. The lowest BCUT2D eigenvalue weighted by molar-refractivity contribution is 0.0941. The number of rotatable bonds is 4. The van der Waals surface area contributed by atoms with Crippen LogP contribution in [0, 0.1) is 0 Å². The molecule has 0 aliphatic carbocycles. The molecular weight excluding hydrogens is 326 g/mol. The first-order valence-corrected chi connectivity index (χ1v) is 8.44. The van der Waals surface area contributed by atoms with E-state index in [1.807, 2.05) is 67.2 Å². The molecule has 0 unspecified atom stereocenters. The largest absolute Gasteiger partial charge is 0.345 e. The summed E-state index contributed by atoms with van der Waals surface area (Å²) in [5, 5.41) is 10.6. The first-order chi connectivity index (χ1) is 12.6. The van der Waals surface area contributed by atoms with Gasteiger partial charge in [-0.3, -0.25) is 9.89 Å². The average molecular weight is 345 g/mol. The second-order valence-corrected chi connectivity index (χ2v) is 6.31. The van der Waals surface area contributed by atoms with Crippen LogP contribution in [-0.2, 0) is 7.05 Å². The number of benzene rings is 1. The van der Waals surface area contributed by atoms with Crippen molar-refractivity contribution in [2.75, 3.05) is 0 Å². The first kappa shape index (κ1) is 16.1. The van der Waals surface area contributed by atoms with Gasteiger partial charge in [0, 0.05) is 30.4 Å². The maximum absolute atomic E-state index is 12.8. The molecule has 0 saturated heterocycles. The number of fused-ring (bicyclic) bond motifs is 1. The molecule has 1 atom stereocenters. The van der Waals surface area contributed by atoms with Crippen molar-refractivity contribution in [1.82, 2.24) is 25.1 Å². The van der Waals surface area contributed by atoms with Crippen LogP contribution in [0.5, 0.6) is 0 Å². The molecule has 1 amide bonds. The molecule has 4 aromatic rings. The van der Waals surface area contributed by atoms with E-state index in [0.29, 0.717) is 5.56 Å². The number of aromatic amines is 1. The number of carbonyl (C=O) groups is 1. The van der Waals surface area contributed by atoms with Gasteiger partial charge in [0.1, 0.15) is 5.65 Å². The van der Waals surface area contributed by atoms with E-state index in [9.17, 15) is 4.79 Å². The lowest BCUT2D eigenvalue weighted by Crippen LogP contribution is -2.26. The Morgan fingerprint density at radius 2 is 2.00 bits per heavy atom. The first-order valence-electron chi connectivity index (χ1n) is 8.44. The predicted molar refractivity (Wildman–Crippen MR) is 101 cm³/mol. The Hall–Kier alpha value is -3.41. The van der Waals surface area contributed by atoms with Crippen LogP contribution in [0.15, 0.2) is 61.1 Å². The summed E-state index contributed by atoms with van der Waals surface area (Å²) in [6.07, 6.45) is 5.35. The number of H-pyrrole nitrogens is 1. The molecule has 130 valence electrons. The van der Waals surface area contributed by atoms with Gasteiger partial charge in [0.2, 0.25) is 0 Å². The third-order valence-corrected chi connectivity index (χ3v) is 4.51. The summed E-state index contributed by atoms with van der Waals surface area (Å²) >= 11 is 0. The Morgan fingerprint density at radius 1 is 1.19 bits per heavy atom. The Balaban J connectivity index is 1.65. The lowest BCUT2D eigenvalue weighted by Gasteiger charge is -2.13. The van der Waals surface area contributed by atoms with Crippen molar-refractivity contribution in [2.24, 2.45) is 7.05 Å². The number of nitrogens with one attached hydrogen (secondary N) is 2. The van der Waals surface area contributed by atoms with Gasteiger partial charge in [-0.1, -0.05) is 30.3 Å². The van der Waals surface area contributed by atoms with Crippen LogP contribution in [0.2, 0.25) is 0 Å². The molecular formula is C20H19N5O. The minimum atomic E-state index is -0.107. The Morgan fingerprint density at radius 3 is 2.73 bits per heavy atom. The number of aromatic nitrogens is 4. The van der Waals surface area contributed by atoms with Crippen molar-refractivity contribution >= 4 is 16.9 Å². The molecule has 0 bridgehead atoms. The van der Waals surface area contributed by atoms with Gasteiger partial charge in [0.15, 0.2) is 0 Å². The van der Waals surface area contributed by atoms with Crippen molar-refractivity contribution < 1.29 is 4.79 Å². The maximum atomic E-state index is 12.8. The van der Waals surface area contributed by atoms with E-state index in [-0.39, 0.29) is 11.9 Å². The SMILES string of the molecule is C[C@@H](NC(=O)c1cn(C)c2nc(-c3cn[nH]c3)ccc12)c1ccccc1. The zero-order valence-corrected chi connectivity index (χ0v) is 14.6. The molecule has 2 N–H and O–H groups in total. The van der Waals surface area contributed by atoms with Crippen molar-refractivity contribution in [2.45, 2.75) is 13.0 Å². The van der Waals surface area contributed by atoms with Crippen LogP contribution >= 0.6 is 0 Å². The van der Waals surface area contributed by atoms with Crippen molar-refractivity contribution in [3.8, 4) is 11.3 Å². The second-order valence-electron chi connectivity index (χ2n) is 6.31. The Bertz CT molecular complexity index is 1050. The third-order valence-electron chi connectivity index (χ3n) is 4.51. The number of aryl methyl sites for hydroxylation is 1. The minimum Gasteiger partial charge on any atom is -0.345 e. The van der Waals surface area contributed by atoms with E-state index in [2.05, 4.69) is 20.5 Å². The highest BCUT2D eigenvalue weighted by atomic mass is 16.1. The summed E-state index contributed by atoms with van der Waals surface area (Å²) in [5.74, 6) is -0.107. The number of hydrogen-bond donors (Lipinski definition) is 2. The monoisotopic (exact) mass is 345 g/mol. The molecule has 4 rings (SSSR count). The predicted octanol–water partition coefficient (Wildman–Crippen LogP) is 3.45. The van der Waals surface area contributed by atoms with Gasteiger partial charge in [-0.2, -0.15) is 5.10 Å².